The molecule has 7 nitrogen and oxygen atoms in total. The maximum absolute atomic E-state index is 12.9. The average molecular weight is 477 g/mol. The molecule has 1 fully saturated rings. The first-order valence-corrected chi connectivity index (χ1v) is 11.9. The van der Waals surface area contributed by atoms with Crippen molar-refractivity contribution in [3.05, 3.63) is 82.7 Å². The molecule has 1 atom stereocenters. The molecule has 0 bridgehead atoms. The van der Waals surface area contributed by atoms with Crippen LogP contribution in [0.5, 0.6) is 17.2 Å². The second-order valence-corrected chi connectivity index (χ2v) is 8.70. The molecular weight excluding hydrogens is 444 g/mol. The Morgan fingerprint density at radius 2 is 1.91 bits per heavy atom. The highest BCUT2D eigenvalue weighted by Gasteiger charge is 2.17. The third-order valence-corrected chi connectivity index (χ3v) is 5.96. The molecule has 2 aromatic carbocycles. The molecule has 0 spiro atoms. The number of pyridine rings is 1. The van der Waals surface area contributed by atoms with E-state index >= 15 is 0 Å². The summed E-state index contributed by atoms with van der Waals surface area (Å²) in [5.41, 5.74) is 4.33. The summed E-state index contributed by atoms with van der Waals surface area (Å²) in [6.45, 7) is 6.00. The minimum absolute atomic E-state index is 0.137. The monoisotopic (exact) mass is 476 g/mol. The molecule has 0 radical (unpaired) electrons. The summed E-state index contributed by atoms with van der Waals surface area (Å²) in [5, 5.41) is 2.99. The van der Waals surface area contributed by atoms with E-state index in [4.69, 9.17) is 18.9 Å². The van der Waals surface area contributed by atoms with E-state index in [0.717, 1.165) is 47.5 Å². The van der Waals surface area contributed by atoms with Crippen LogP contribution in [0.15, 0.2) is 54.9 Å². The summed E-state index contributed by atoms with van der Waals surface area (Å²) in [4.78, 5) is 17.0. The topological polar surface area (TPSA) is 78.9 Å². The SMILES string of the molecule is COc1cc(CNC(=O)c2cc(C)c(OCc3cccnc3)c(C)c2)ccc1OCC1CCCO1. The molecule has 1 aromatic heterocycles. The van der Waals surface area contributed by atoms with Gasteiger partial charge in [0.25, 0.3) is 5.91 Å². The number of amides is 1. The molecule has 184 valence electrons. The molecule has 1 N–H and O–H groups in total. The number of nitrogens with one attached hydrogen (secondary N) is 1. The number of hydrogen-bond donors (Lipinski definition) is 1. The van der Waals surface area contributed by atoms with E-state index in [-0.39, 0.29) is 12.0 Å². The first-order chi connectivity index (χ1) is 17.0. The number of nitrogens with zero attached hydrogens (tertiary/aromatic N) is 1. The highest BCUT2D eigenvalue weighted by atomic mass is 16.5. The van der Waals surface area contributed by atoms with Crippen LogP contribution >= 0.6 is 0 Å². The zero-order chi connectivity index (χ0) is 24.6. The number of carbonyl (C=O) groups excluding carboxylic acids is 1. The van der Waals surface area contributed by atoms with E-state index in [1.54, 1.807) is 19.5 Å². The van der Waals surface area contributed by atoms with Gasteiger partial charge in [-0.3, -0.25) is 9.78 Å². The quantitative estimate of drug-likeness (QED) is 0.454. The zero-order valence-corrected chi connectivity index (χ0v) is 20.5. The lowest BCUT2D eigenvalue weighted by molar-refractivity contribution is 0.0669. The summed E-state index contributed by atoms with van der Waals surface area (Å²) in [6, 6.07) is 13.2. The van der Waals surface area contributed by atoms with Gasteiger partial charge in [0.1, 0.15) is 19.0 Å². The van der Waals surface area contributed by atoms with Crippen LogP contribution in [-0.4, -0.2) is 37.3 Å². The van der Waals surface area contributed by atoms with Gasteiger partial charge in [-0.25, -0.2) is 0 Å². The van der Waals surface area contributed by atoms with Crippen LogP contribution in [0.3, 0.4) is 0 Å². The molecule has 0 aliphatic carbocycles. The maximum atomic E-state index is 12.9. The van der Waals surface area contributed by atoms with E-state index in [9.17, 15) is 4.79 Å². The van der Waals surface area contributed by atoms with Gasteiger partial charge in [0.05, 0.1) is 13.2 Å². The number of aromatic nitrogens is 1. The van der Waals surface area contributed by atoms with Gasteiger partial charge in [-0.15, -0.1) is 0 Å². The third-order valence-electron chi connectivity index (χ3n) is 5.96. The Bertz CT molecular complexity index is 1120. The van der Waals surface area contributed by atoms with Gasteiger partial charge < -0.3 is 24.3 Å². The van der Waals surface area contributed by atoms with Crippen molar-refractivity contribution < 1.29 is 23.7 Å². The van der Waals surface area contributed by atoms with Gasteiger partial charge in [-0.2, -0.15) is 0 Å². The normalized spacial score (nSPS) is 15.0. The van der Waals surface area contributed by atoms with Crippen LogP contribution in [0.2, 0.25) is 0 Å². The summed E-state index contributed by atoms with van der Waals surface area (Å²) in [5.74, 6) is 1.95. The average Bonchev–Trinajstić information content (AvgIpc) is 3.40. The highest BCUT2D eigenvalue weighted by Crippen LogP contribution is 2.29. The number of carbonyl (C=O) groups is 1. The molecule has 35 heavy (non-hydrogen) atoms. The standard InChI is InChI=1S/C28H32N2O5/c1-19-12-23(13-20(2)27(19)35-17-22-6-4-10-29-15-22)28(31)30-16-21-8-9-25(26(14-21)32-3)34-18-24-7-5-11-33-24/h4,6,8-10,12-15,24H,5,7,11,16-18H2,1-3H3,(H,30,31). The molecule has 2 heterocycles. The Labute approximate surface area is 206 Å². The summed E-state index contributed by atoms with van der Waals surface area (Å²) in [7, 11) is 1.61. The van der Waals surface area contributed by atoms with Crippen molar-refractivity contribution in [1.29, 1.82) is 0 Å². The molecular formula is C28H32N2O5. The number of rotatable bonds is 10. The first kappa shape index (κ1) is 24.5. The first-order valence-electron chi connectivity index (χ1n) is 11.9. The van der Waals surface area contributed by atoms with Crippen molar-refractivity contribution >= 4 is 5.91 Å². The van der Waals surface area contributed by atoms with Crippen molar-refractivity contribution in [1.82, 2.24) is 10.3 Å². The number of aryl methyl sites for hydroxylation is 2. The fourth-order valence-electron chi connectivity index (χ4n) is 4.13. The molecule has 1 aliphatic heterocycles. The molecule has 3 aromatic rings. The minimum Gasteiger partial charge on any atom is -0.493 e. The van der Waals surface area contributed by atoms with Crippen LogP contribution in [0, 0.1) is 13.8 Å². The molecule has 1 unspecified atom stereocenters. The summed E-state index contributed by atoms with van der Waals surface area (Å²) >= 11 is 0. The number of benzene rings is 2. The predicted octanol–water partition coefficient (Wildman–Crippen LogP) is 4.77. The fourth-order valence-corrected chi connectivity index (χ4v) is 4.13. The predicted molar refractivity (Wildman–Crippen MR) is 133 cm³/mol. The second kappa shape index (κ2) is 11.7. The number of methoxy groups -OCH3 is 1. The largest absolute Gasteiger partial charge is 0.493 e. The van der Waals surface area contributed by atoms with Gasteiger partial charge in [0.2, 0.25) is 0 Å². The molecule has 0 saturated carbocycles. The van der Waals surface area contributed by atoms with Gasteiger partial charge in [-0.05, 0) is 73.7 Å². The van der Waals surface area contributed by atoms with Crippen molar-refractivity contribution in [2.24, 2.45) is 0 Å². The van der Waals surface area contributed by atoms with Crippen LogP contribution in [0.1, 0.15) is 45.5 Å². The van der Waals surface area contributed by atoms with Crippen molar-refractivity contribution in [2.75, 3.05) is 20.3 Å². The highest BCUT2D eigenvalue weighted by molar-refractivity contribution is 5.94. The van der Waals surface area contributed by atoms with Gasteiger partial charge in [-0.1, -0.05) is 12.1 Å². The Hall–Kier alpha value is -3.58. The second-order valence-electron chi connectivity index (χ2n) is 8.70. The molecule has 1 aliphatic rings. The third kappa shape index (κ3) is 6.51. The van der Waals surface area contributed by atoms with E-state index in [0.29, 0.717) is 36.8 Å². The van der Waals surface area contributed by atoms with Crippen molar-refractivity contribution in [3.8, 4) is 17.2 Å². The minimum atomic E-state index is -0.146. The Morgan fingerprint density at radius 3 is 2.60 bits per heavy atom. The number of hydrogen-bond acceptors (Lipinski definition) is 6. The lowest BCUT2D eigenvalue weighted by Crippen LogP contribution is -2.23. The molecule has 1 amide bonds. The molecule has 1 saturated heterocycles. The van der Waals surface area contributed by atoms with Gasteiger partial charge in [0.15, 0.2) is 11.5 Å². The van der Waals surface area contributed by atoms with Crippen molar-refractivity contribution in [3.63, 3.8) is 0 Å². The Balaban J connectivity index is 1.35. The van der Waals surface area contributed by atoms with Gasteiger partial charge in [0, 0.05) is 36.7 Å². The van der Waals surface area contributed by atoms with Crippen LogP contribution < -0.4 is 19.5 Å². The molecule has 4 rings (SSSR count). The van der Waals surface area contributed by atoms with E-state index < -0.39 is 0 Å². The van der Waals surface area contributed by atoms with Gasteiger partial charge >= 0.3 is 0 Å². The van der Waals surface area contributed by atoms with E-state index in [1.807, 2.05) is 56.3 Å². The molecule has 7 heteroatoms. The lowest BCUT2D eigenvalue weighted by atomic mass is 10.0. The lowest BCUT2D eigenvalue weighted by Gasteiger charge is -2.16. The Kier molecular flexibility index (Phi) is 8.21. The summed E-state index contributed by atoms with van der Waals surface area (Å²) < 4.78 is 23.0. The Morgan fingerprint density at radius 1 is 1.09 bits per heavy atom. The van der Waals surface area contributed by atoms with Crippen LogP contribution in [0.4, 0.5) is 0 Å². The van der Waals surface area contributed by atoms with E-state index in [2.05, 4.69) is 10.3 Å². The summed E-state index contributed by atoms with van der Waals surface area (Å²) in [6.07, 6.45) is 5.74. The zero-order valence-electron chi connectivity index (χ0n) is 20.5. The van der Waals surface area contributed by atoms with E-state index in [1.165, 1.54) is 0 Å². The maximum Gasteiger partial charge on any atom is 0.251 e. The van der Waals surface area contributed by atoms with Crippen molar-refractivity contribution in [2.45, 2.75) is 45.9 Å². The number of ether oxygens (including phenoxy) is 4. The van der Waals surface area contributed by atoms with Crippen LogP contribution in [0.25, 0.3) is 0 Å². The smallest absolute Gasteiger partial charge is 0.251 e. The van der Waals surface area contributed by atoms with Crippen LogP contribution in [-0.2, 0) is 17.9 Å². The fraction of sp³-hybridized carbons (Fsp3) is 0.357.